The van der Waals surface area contributed by atoms with Crippen molar-refractivity contribution >= 4 is 11.9 Å². The van der Waals surface area contributed by atoms with Gasteiger partial charge < -0.3 is 20.3 Å². The molecule has 1 amide bonds. The van der Waals surface area contributed by atoms with Gasteiger partial charge in [0.1, 0.15) is 0 Å². The smallest absolute Gasteiger partial charge is 0.305 e. The van der Waals surface area contributed by atoms with E-state index in [4.69, 9.17) is 4.74 Å². The van der Waals surface area contributed by atoms with Crippen LogP contribution in [0.2, 0.25) is 0 Å². The molecule has 0 aliphatic rings. The largest absolute Gasteiger partial charge is 0.466 e. The molecule has 0 spiro atoms. The fraction of sp³-hybridized carbons (Fsp3) is 0.918. The quantitative estimate of drug-likeness (QED) is 0.0320. The van der Waals surface area contributed by atoms with Crippen LogP contribution in [0.3, 0.4) is 0 Å². The van der Waals surface area contributed by atoms with Gasteiger partial charge in [-0.3, -0.25) is 9.59 Å². The number of carbonyl (C=O) groups excluding carboxylic acids is 2. The molecule has 0 radical (unpaired) electrons. The second-order valence-electron chi connectivity index (χ2n) is 24.9. The highest BCUT2D eigenvalue weighted by atomic mass is 16.5. The van der Waals surface area contributed by atoms with E-state index in [1.807, 2.05) is 0 Å². The number of rotatable bonds is 68. The SMILES string of the molecule is CCCCCCCCCCCCCCCCCC(=O)OCCCCCCCCCCCCC/C=C\C/C=C\CCCCCCCCCCCCCCCCCCCC(=O)NC(CO)C(O)CCCCCCCCCCCCCC. The van der Waals surface area contributed by atoms with Crippen molar-refractivity contribution in [2.45, 2.75) is 418 Å². The molecule has 0 heterocycles. The van der Waals surface area contributed by atoms with Crippen molar-refractivity contribution in [3.8, 4) is 0 Å². The lowest BCUT2D eigenvalue weighted by atomic mass is 10.0. The molecule has 6 heteroatoms. The molecule has 0 saturated carbocycles. The molecule has 0 aromatic rings. The van der Waals surface area contributed by atoms with Crippen LogP contribution in [-0.4, -0.2) is 47.4 Å². The highest BCUT2D eigenvalue weighted by molar-refractivity contribution is 5.76. The number of carbonyl (C=O) groups is 2. The second kappa shape index (κ2) is 68.8. The van der Waals surface area contributed by atoms with Gasteiger partial charge in [0.05, 0.1) is 25.4 Å². The minimum atomic E-state index is -0.661. The van der Waals surface area contributed by atoms with Gasteiger partial charge in [-0.25, -0.2) is 0 Å². The van der Waals surface area contributed by atoms with E-state index in [0.717, 1.165) is 44.9 Å². The summed E-state index contributed by atoms with van der Waals surface area (Å²) in [6, 6.07) is -0.538. The van der Waals surface area contributed by atoms with Crippen LogP contribution < -0.4 is 5.32 Å². The topological polar surface area (TPSA) is 95.9 Å². The van der Waals surface area contributed by atoms with Crippen LogP contribution in [0.4, 0.5) is 0 Å². The minimum Gasteiger partial charge on any atom is -0.466 e. The number of unbranched alkanes of at least 4 members (excludes halogenated alkanes) is 53. The first-order valence-corrected chi connectivity index (χ1v) is 36.1. The van der Waals surface area contributed by atoms with Gasteiger partial charge >= 0.3 is 5.97 Å². The summed E-state index contributed by atoms with van der Waals surface area (Å²) in [7, 11) is 0. The summed E-state index contributed by atoms with van der Waals surface area (Å²) < 4.78 is 5.50. The van der Waals surface area contributed by atoms with E-state index < -0.39 is 12.1 Å². The van der Waals surface area contributed by atoms with E-state index >= 15 is 0 Å². The highest BCUT2D eigenvalue weighted by Gasteiger charge is 2.20. The molecule has 0 fully saturated rings. The molecule has 0 aromatic carbocycles. The number of hydrogen-bond acceptors (Lipinski definition) is 5. The van der Waals surface area contributed by atoms with Gasteiger partial charge in [-0.05, 0) is 57.8 Å². The average molecular weight is 1110 g/mol. The Bertz CT molecular complexity index is 1230. The van der Waals surface area contributed by atoms with E-state index in [9.17, 15) is 19.8 Å². The van der Waals surface area contributed by atoms with Gasteiger partial charge in [-0.1, -0.05) is 359 Å². The molecule has 0 saturated heterocycles. The Morgan fingerprint density at radius 3 is 0.962 bits per heavy atom. The average Bonchev–Trinajstić information content (AvgIpc) is 3.45. The third-order valence-corrected chi connectivity index (χ3v) is 17.0. The molecule has 0 bridgehead atoms. The third kappa shape index (κ3) is 65.4. The lowest BCUT2D eigenvalue weighted by Gasteiger charge is -2.22. The number of aliphatic hydroxyl groups is 2. The molecule has 79 heavy (non-hydrogen) atoms. The second-order valence-corrected chi connectivity index (χ2v) is 24.9. The van der Waals surface area contributed by atoms with Crippen LogP contribution in [0.15, 0.2) is 24.3 Å². The minimum absolute atomic E-state index is 0.0203. The van der Waals surface area contributed by atoms with E-state index in [0.29, 0.717) is 25.9 Å². The maximum absolute atomic E-state index is 12.5. The zero-order chi connectivity index (χ0) is 57.1. The van der Waals surface area contributed by atoms with Gasteiger partial charge in [0.15, 0.2) is 0 Å². The number of aliphatic hydroxyl groups excluding tert-OH is 2. The lowest BCUT2D eigenvalue weighted by molar-refractivity contribution is -0.143. The molecule has 2 unspecified atom stereocenters. The van der Waals surface area contributed by atoms with Crippen molar-refractivity contribution in [1.82, 2.24) is 5.32 Å². The Kier molecular flexibility index (Phi) is 67.4. The number of amides is 1. The maximum Gasteiger partial charge on any atom is 0.305 e. The molecule has 468 valence electrons. The molecule has 0 aromatic heterocycles. The van der Waals surface area contributed by atoms with E-state index in [-0.39, 0.29) is 18.5 Å². The summed E-state index contributed by atoms with van der Waals surface area (Å²) in [5.74, 6) is -0.0107. The number of ether oxygens (including phenoxy) is 1. The molecule has 3 N–H and O–H groups in total. The van der Waals surface area contributed by atoms with Crippen molar-refractivity contribution in [2.24, 2.45) is 0 Å². The normalized spacial score (nSPS) is 12.6. The van der Waals surface area contributed by atoms with Gasteiger partial charge in [0.2, 0.25) is 5.91 Å². The predicted octanol–water partition coefficient (Wildman–Crippen LogP) is 23.3. The number of allylic oxidation sites excluding steroid dienone is 4. The first-order chi connectivity index (χ1) is 39.0. The van der Waals surface area contributed by atoms with Gasteiger partial charge in [0, 0.05) is 12.8 Å². The summed E-state index contributed by atoms with van der Waals surface area (Å²) in [5.41, 5.74) is 0. The Hall–Kier alpha value is -1.66. The van der Waals surface area contributed by atoms with E-state index in [1.165, 1.54) is 327 Å². The van der Waals surface area contributed by atoms with E-state index in [2.05, 4.69) is 43.5 Å². The van der Waals surface area contributed by atoms with Crippen LogP contribution in [0.25, 0.3) is 0 Å². The molecule has 0 aliphatic carbocycles. The van der Waals surface area contributed by atoms with Crippen LogP contribution in [0.1, 0.15) is 406 Å². The predicted molar refractivity (Wildman–Crippen MR) is 347 cm³/mol. The Balaban J connectivity index is 3.34. The first-order valence-electron chi connectivity index (χ1n) is 36.1. The highest BCUT2D eigenvalue weighted by Crippen LogP contribution is 2.19. The molecule has 0 rings (SSSR count). The van der Waals surface area contributed by atoms with Crippen LogP contribution in [0, 0.1) is 0 Å². The molecular formula is C73H141NO5. The van der Waals surface area contributed by atoms with Gasteiger partial charge in [0.25, 0.3) is 0 Å². The standard InChI is InChI=1S/C73H141NO5/c1-3-5-7-9-11-13-15-17-39-43-47-51-55-59-63-67-73(78)79-68-64-60-56-52-48-44-41-38-36-34-32-30-28-26-24-22-20-18-19-21-23-25-27-29-31-33-35-37-40-42-46-50-54-58-62-66-72(77)74-70(69-75)71(76)65-61-57-53-49-45-16-14-12-10-8-6-4-2/h20,22,26,28,70-71,75-76H,3-19,21,23-25,27,29-69H2,1-2H3,(H,74,77)/b22-20-,28-26-. The lowest BCUT2D eigenvalue weighted by Crippen LogP contribution is -2.45. The van der Waals surface area contributed by atoms with Crippen LogP contribution >= 0.6 is 0 Å². The Morgan fingerprint density at radius 1 is 0.354 bits per heavy atom. The van der Waals surface area contributed by atoms with Gasteiger partial charge in [-0.15, -0.1) is 0 Å². The van der Waals surface area contributed by atoms with Gasteiger partial charge in [-0.2, -0.15) is 0 Å². The van der Waals surface area contributed by atoms with Crippen molar-refractivity contribution in [2.75, 3.05) is 13.2 Å². The van der Waals surface area contributed by atoms with E-state index in [1.54, 1.807) is 0 Å². The fourth-order valence-corrected chi connectivity index (χ4v) is 11.5. The summed E-state index contributed by atoms with van der Waals surface area (Å²) >= 11 is 0. The number of esters is 1. The molecular weight excluding hydrogens is 971 g/mol. The number of nitrogens with one attached hydrogen (secondary N) is 1. The van der Waals surface area contributed by atoms with Crippen molar-refractivity contribution in [1.29, 1.82) is 0 Å². The Morgan fingerprint density at radius 2 is 0.633 bits per heavy atom. The zero-order valence-electron chi connectivity index (χ0n) is 53.6. The first kappa shape index (κ1) is 77.3. The molecule has 2 atom stereocenters. The van der Waals surface area contributed by atoms with Crippen molar-refractivity contribution in [3.05, 3.63) is 24.3 Å². The summed E-state index contributed by atoms with van der Waals surface area (Å²) in [6.45, 7) is 4.98. The maximum atomic E-state index is 12.5. The van der Waals surface area contributed by atoms with Crippen LogP contribution in [0.5, 0.6) is 0 Å². The summed E-state index contributed by atoms with van der Waals surface area (Å²) in [5, 5.41) is 23.3. The summed E-state index contributed by atoms with van der Waals surface area (Å²) in [6.07, 6.45) is 86.8. The van der Waals surface area contributed by atoms with Crippen molar-refractivity contribution in [3.63, 3.8) is 0 Å². The summed E-state index contributed by atoms with van der Waals surface area (Å²) in [4.78, 5) is 24.6. The number of hydrogen-bond donors (Lipinski definition) is 3. The fourth-order valence-electron chi connectivity index (χ4n) is 11.5. The monoisotopic (exact) mass is 1110 g/mol. The van der Waals surface area contributed by atoms with Crippen molar-refractivity contribution < 1.29 is 24.5 Å². The Labute approximate surface area is 494 Å². The van der Waals surface area contributed by atoms with Crippen LogP contribution in [-0.2, 0) is 14.3 Å². The molecule has 0 aliphatic heterocycles. The zero-order valence-corrected chi connectivity index (χ0v) is 53.6. The molecule has 6 nitrogen and oxygen atoms in total. The third-order valence-electron chi connectivity index (χ3n) is 17.0.